The monoisotopic (exact) mass is 534 g/mol. The molecule has 2 heterocycles. The summed E-state index contributed by atoms with van der Waals surface area (Å²) in [5.74, 6) is -1.17. The lowest BCUT2D eigenvalue weighted by molar-refractivity contribution is -0.132. The van der Waals surface area contributed by atoms with Crippen molar-refractivity contribution >= 4 is 44.1 Å². The molecule has 0 saturated carbocycles. The molecule has 1 saturated heterocycles. The number of halogens is 1. The summed E-state index contributed by atoms with van der Waals surface area (Å²) >= 11 is 1.22. The second-order valence-electron chi connectivity index (χ2n) is 8.35. The molecule has 10 heteroatoms. The molecule has 1 aromatic heterocycles. The van der Waals surface area contributed by atoms with Gasteiger partial charge in [0, 0.05) is 5.56 Å². The Morgan fingerprint density at radius 2 is 1.76 bits per heavy atom. The minimum absolute atomic E-state index is 0.150. The van der Waals surface area contributed by atoms with Crippen LogP contribution in [0.2, 0.25) is 0 Å². The number of carbonyl (C=O) groups excluding carboxylic acids is 2. The molecule has 4 aromatic rings. The number of benzene rings is 3. The van der Waals surface area contributed by atoms with Gasteiger partial charge in [-0.15, -0.1) is 0 Å². The molecule has 0 radical (unpaired) electrons. The van der Waals surface area contributed by atoms with Crippen molar-refractivity contribution in [3.63, 3.8) is 0 Å². The summed E-state index contributed by atoms with van der Waals surface area (Å²) in [6.45, 7) is 2.38. The van der Waals surface area contributed by atoms with Gasteiger partial charge >= 0.3 is 5.91 Å². The van der Waals surface area contributed by atoms with E-state index < -0.39 is 29.3 Å². The third-order valence-electron chi connectivity index (χ3n) is 6.15. The molecule has 38 heavy (non-hydrogen) atoms. The van der Waals surface area contributed by atoms with Crippen LogP contribution in [-0.2, 0) is 9.59 Å². The fourth-order valence-corrected chi connectivity index (χ4v) is 5.40. The van der Waals surface area contributed by atoms with Crippen LogP contribution in [0.1, 0.15) is 24.1 Å². The van der Waals surface area contributed by atoms with Gasteiger partial charge in [-0.05, 0) is 67.1 Å². The van der Waals surface area contributed by atoms with Gasteiger partial charge < -0.3 is 19.3 Å². The molecule has 1 amide bonds. The highest BCUT2D eigenvalue weighted by Gasteiger charge is 2.48. The van der Waals surface area contributed by atoms with E-state index in [-0.39, 0.29) is 16.3 Å². The highest BCUT2D eigenvalue weighted by atomic mass is 32.1. The third kappa shape index (κ3) is 4.32. The number of amides is 1. The number of carbonyl (C=O) groups is 2. The summed E-state index contributed by atoms with van der Waals surface area (Å²) in [5, 5.41) is 11.5. The zero-order chi connectivity index (χ0) is 27.0. The molecular formula is C28H23FN2O6S. The van der Waals surface area contributed by atoms with Gasteiger partial charge in [-0.1, -0.05) is 17.4 Å². The normalized spacial score (nSPS) is 16.7. The zero-order valence-electron chi connectivity index (χ0n) is 20.7. The Labute approximate surface area is 221 Å². The van der Waals surface area contributed by atoms with Crippen molar-refractivity contribution in [3.8, 4) is 17.2 Å². The van der Waals surface area contributed by atoms with Crippen molar-refractivity contribution < 1.29 is 33.3 Å². The first-order valence-electron chi connectivity index (χ1n) is 11.7. The number of hydrogen-bond acceptors (Lipinski definition) is 8. The smallest absolute Gasteiger partial charge is 0.301 e. The van der Waals surface area contributed by atoms with E-state index in [1.54, 1.807) is 30.3 Å². The number of fused-ring (bicyclic) bond motifs is 1. The lowest BCUT2D eigenvalue weighted by Crippen LogP contribution is -2.29. The number of ether oxygens (including phenoxy) is 3. The minimum Gasteiger partial charge on any atom is -0.507 e. The van der Waals surface area contributed by atoms with Crippen LogP contribution in [0.15, 0.2) is 66.2 Å². The quantitative estimate of drug-likeness (QED) is 0.191. The maximum Gasteiger partial charge on any atom is 0.301 e. The van der Waals surface area contributed by atoms with Crippen LogP contribution in [0.3, 0.4) is 0 Å². The van der Waals surface area contributed by atoms with Crippen LogP contribution in [0, 0.1) is 5.82 Å². The second-order valence-corrected chi connectivity index (χ2v) is 9.36. The summed E-state index contributed by atoms with van der Waals surface area (Å²) in [6, 6.07) is 14.3. The lowest BCUT2D eigenvalue weighted by Gasteiger charge is -2.23. The van der Waals surface area contributed by atoms with Crippen LogP contribution in [0.4, 0.5) is 9.52 Å². The molecule has 5 rings (SSSR count). The van der Waals surface area contributed by atoms with E-state index in [9.17, 15) is 19.1 Å². The van der Waals surface area contributed by atoms with Gasteiger partial charge in [0.1, 0.15) is 17.3 Å². The number of aromatic nitrogens is 1. The van der Waals surface area contributed by atoms with E-state index in [2.05, 4.69) is 4.98 Å². The average molecular weight is 535 g/mol. The third-order valence-corrected chi connectivity index (χ3v) is 7.17. The van der Waals surface area contributed by atoms with Gasteiger partial charge in [0.05, 0.1) is 42.7 Å². The van der Waals surface area contributed by atoms with Crippen molar-refractivity contribution in [3.05, 3.63) is 83.2 Å². The van der Waals surface area contributed by atoms with Gasteiger partial charge in [-0.3, -0.25) is 14.5 Å². The SMILES string of the molecule is CCOc1ccc2nc(N3C(=O)C(=O)/C(=C(/O)c4ccc(F)cc4)[C@H]3c3ccc(OC)c(OC)c3)sc2c1. The summed E-state index contributed by atoms with van der Waals surface area (Å²) in [5.41, 5.74) is 1.16. The Balaban J connectivity index is 1.71. The predicted molar refractivity (Wildman–Crippen MR) is 142 cm³/mol. The number of ketones is 1. The first-order valence-corrected chi connectivity index (χ1v) is 12.5. The number of nitrogens with zero attached hydrogens (tertiary/aromatic N) is 2. The fourth-order valence-electron chi connectivity index (χ4n) is 4.38. The molecule has 1 N–H and O–H groups in total. The summed E-state index contributed by atoms with van der Waals surface area (Å²) in [6.07, 6.45) is 0. The zero-order valence-corrected chi connectivity index (χ0v) is 21.5. The molecule has 0 bridgehead atoms. The van der Waals surface area contributed by atoms with Crippen molar-refractivity contribution in [2.45, 2.75) is 13.0 Å². The minimum atomic E-state index is -1.04. The standard InChI is InChI=1S/C28H23FN2O6S/c1-4-37-18-10-11-19-22(14-18)38-28(30-19)31-24(16-7-12-20(35-2)21(13-16)36-3)23(26(33)27(31)34)25(32)15-5-8-17(29)9-6-15/h5-14,24,32H,4H2,1-3H3/b25-23+/t24-/m1/s1. The summed E-state index contributed by atoms with van der Waals surface area (Å²) in [7, 11) is 2.97. The largest absolute Gasteiger partial charge is 0.507 e. The first kappa shape index (κ1) is 25.2. The Morgan fingerprint density at radius 3 is 2.45 bits per heavy atom. The van der Waals surface area contributed by atoms with Crippen molar-refractivity contribution in [1.82, 2.24) is 4.98 Å². The molecule has 194 valence electrons. The number of aliphatic hydroxyl groups excluding tert-OH is 1. The highest BCUT2D eigenvalue weighted by Crippen LogP contribution is 2.46. The van der Waals surface area contributed by atoms with E-state index in [1.807, 2.05) is 13.0 Å². The van der Waals surface area contributed by atoms with Crippen LogP contribution >= 0.6 is 11.3 Å². The molecule has 8 nitrogen and oxygen atoms in total. The van der Waals surface area contributed by atoms with Gasteiger partial charge in [0.2, 0.25) is 0 Å². The van der Waals surface area contributed by atoms with E-state index in [1.165, 1.54) is 54.7 Å². The van der Waals surface area contributed by atoms with Crippen LogP contribution in [0.5, 0.6) is 17.2 Å². The number of methoxy groups -OCH3 is 2. The van der Waals surface area contributed by atoms with Gasteiger partial charge in [0.15, 0.2) is 16.6 Å². The molecule has 1 fully saturated rings. The fraction of sp³-hybridized carbons (Fsp3) is 0.179. The molecule has 0 spiro atoms. The van der Waals surface area contributed by atoms with Crippen LogP contribution in [0.25, 0.3) is 16.0 Å². The van der Waals surface area contributed by atoms with Crippen molar-refractivity contribution in [2.75, 3.05) is 25.7 Å². The topological polar surface area (TPSA) is 98.2 Å². The summed E-state index contributed by atoms with van der Waals surface area (Å²) < 4.78 is 30.7. The summed E-state index contributed by atoms with van der Waals surface area (Å²) in [4.78, 5) is 32.8. The van der Waals surface area contributed by atoms with Gasteiger partial charge in [0.25, 0.3) is 5.78 Å². The first-order chi connectivity index (χ1) is 18.4. The number of thiazole rings is 1. The molecule has 1 aliphatic heterocycles. The van der Waals surface area contributed by atoms with E-state index >= 15 is 0 Å². The molecule has 0 unspecified atom stereocenters. The number of aliphatic hydroxyl groups is 1. The number of anilines is 1. The Kier molecular flexibility index (Phi) is 6.73. The maximum absolute atomic E-state index is 13.6. The number of hydrogen-bond donors (Lipinski definition) is 1. The number of Topliss-reactive ketones (excluding diaryl/α,β-unsaturated/α-hetero) is 1. The van der Waals surface area contributed by atoms with Crippen molar-refractivity contribution in [1.29, 1.82) is 0 Å². The number of rotatable bonds is 7. The Bertz CT molecular complexity index is 1580. The highest BCUT2D eigenvalue weighted by molar-refractivity contribution is 7.22. The van der Waals surface area contributed by atoms with Gasteiger partial charge in [-0.2, -0.15) is 0 Å². The lowest BCUT2D eigenvalue weighted by atomic mass is 9.95. The van der Waals surface area contributed by atoms with E-state index in [4.69, 9.17) is 14.2 Å². The molecule has 0 aliphatic carbocycles. The molecular weight excluding hydrogens is 511 g/mol. The van der Waals surface area contributed by atoms with Crippen LogP contribution < -0.4 is 19.1 Å². The van der Waals surface area contributed by atoms with E-state index in [0.29, 0.717) is 34.9 Å². The Morgan fingerprint density at radius 1 is 1.03 bits per heavy atom. The predicted octanol–water partition coefficient (Wildman–Crippen LogP) is 5.48. The molecule has 3 aromatic carbocycles. The average Bonchev–Trinajstić information content (AvgIpc) is 3.46. The molecule has 1 atom stereocenters. The van der Waals surface area contributed by atoms with Gasteiger partial charge in [-0.25, -0.2) is 9.37 Å². The molecule has 1 aliphatic rings. The second kappa shape index (κ2) is 10.1. The van der Waals surface area contributed by atoms with E-state index in [0.717, 1.165) is 4.70 Å². The van der Waals surface area contributed by atoms with Crippen LogP contribution in [-0.4, -0.2) is 42.6 Å². The van der Waals surface area contributed by atoms with Crippen molar-refractivity contribution in [2.24, 2.45) is 0 Å². The Hall–Kier alpha value is -4.44. The maximum atomic E-state index is 13.6.